The molecule has 3 aliphatic rings. The number of aromatic nitrogens is 2. The molecule has 1 aliphatic heterocycles. The summed E-state index contributed by atoms with van der Waals surface area (Å²) in [6, 6.07) is 0.307. The van der Waals surface area contributed by atoms with Gasteiger partial charge in [-0.1, -0.05) is 18.0 Å². The molecule has 2 heterocycles. The zero-order valence-corrected chi connectivity index (χ0v) is 14.5. The SMILES string of the molecule is C[C@H](C(=O)NC1CCCC1)N1CCC[C@@H](c2noc(C3CC3)n2)C1. The van der Waals surface area contributed by atoms with Gasteiger partial charge in [0.25, 0.3) is 0 Å². The van der Waals surface area contributed by atoms with E-state index in [1.54, 1.807) is 0 Å². The van der Waals surface area contributed by atoms with E-state index in [9.17, 15) is 4.79 Å². The van der Waals surface area contributed by atoms with Crippen molar-refractivity contribution >= 4 is 5.91 Å². The molecule has 3 fully saturated rings. The topological polar surface area (TPSA) is 71.3 Å². The van der Waals surface area contributed by atoms with Crippen molar-refractivity contribution < 1.29 is 9.32 Å². The molecule has 1 N–H and O–H groups in total. The molecule has 0 unspecified atom stereocenters. The first-order valence-corrected chi connectivity index (χ1v) is 9.58. The van der Waals surface area contributed by atoms with Gasteiger partial charge in [-0.05, 0) is 52.0 Å². The summed E-state index contributed by atoms with van der Waals surface area (Å²) in [6.45, 7) is 3.85. The molecule has 0 radical (unpaired) electrons. The number of hydrogen-bond acceptors (Lipinski definition) is 5. The van der Waals surface area contributed by atoms with Crippen molar-refractivity contribution in [3.05, 3.63) is 11.7 Å². The Morgan fingerprint density at radius 2 is 1.96 bits per heavy atom. The van der Waals surface area contributed by atoms with Gasteiger partial charge in [-0.15, -0.1) is 0 Å². The molecule has 1 aromatic rings. The molecule has 1 saturated heterocycles. The number of hydrogen-bond donors (Lipinski definition) is 1. The summed E-state index contributed by atoms with van der Waals surface area (Å²) < 4.78 is 5.41. The van der Waals surface area contributed by atoms with Crippen molar-refractivity contribution in [3.8, 4) is 0 Å². The highest BCUT2D eigenvalue weighted by Gasteiger charge is 2.34. The van der Waals surface area contributed by atoms with Crippen LogP contribution in [0, 0.1) is 0 Å². The molecule has 1 amide bonds. The lowest BCUT2D eigenvalue weighted by atomic mass is 9.96. The molecule has 0 bridgehead atoms. The lowest BCUT2D eigenvalue weighted by molar-refractivity contribution is -0.127. The summed E-state index contributed by atoms with van der Waals surface area (Å²) in [5, 5.41) is 7.44. The Kier molecular flexibility index (Phi) is 4.57. The van der Waals surface area contributed by atoms with Crippen LogP contribution in [-0.4, -0.2) is 46.1 Å². The zero-order valence-electron chi connectivity index (χ0n) is 14.5. The first-order valence-electron chi connectivity index (χ1n) is 9.58. The number of carbonyl (C=O) groups excluding carboxylic acids is 1. The van der Waals surface area contributed by atoms with Crippen molar-refractivity contribution in [2.24, 2.45) is 0 Å². The van der Waals surface area contributed by atoms with Gasteiger partial charge in [0, 0.05) is 24.4 Å². The second-order valence-corrected chi connectivity index (χ2v) is 7.77. The maximum absolute atomic E-state index is 12.5. The zero-order chi connectivity index (χ0) is 16.5. The molecular formula is C18H28N4O2. The Hall–Kier alpha value is -1.43. The normalized spacial score (nSPS) is 27.3. The van der Waals surface area contributed by atoms with Crippen LogP contribution in [-0.2, 0) is 4.79 Å². The quantitative estimate of drug-likeness (QED) is 0.897. The van der Waals surface area contributed by atoms with E-state index in [-0.39, 0.29) is 17.9 Å². The van der Waals surface area contributed by atoms with E-state index in [4.69, 9.17) is 4.52 Å². The van der Waals surface area contributed by atoms with E-state index in [1.807, 2.05) is 6.92 Å². The van der Waals surface area contributed by atoms with E-state index < -0.39 is 0 Å². The van der Waals surface area contributed by atoms with Gasteiger partial charge >= 0.3 is 0 Å². The number of nitrogens with zero attached hydrogens (tertiary/aromatic N) is 3. The number of likely N-dealkylation sites (tertiary alicyclic amines) is 1. The van der Waals surface area contributed by atoms with Crippen LogP contribution in [0.3, 0.4) is 0 Å². The van der Waals surface area contributed by atoms with E-state index >= 15 is 0 Å². The third-order valence-electron chi connectivity index (χ3n) is 5.83. The Morgan fingerprint density at radius 3 is 2.71 bits per heavy atom. The van der Waals surface area contributed by atoms with Crippen LogP contribution >= 0.6 is 0 Å². The molecule has 1 aromatic heterocycles. The van der Waals surface area contributed by atoms with Gasteiger partial charge in [-0.3, -0.25) is 9.69 Å². The van der Waals surface area contributed by atoms with Crippen LogP contribution in [0.15, 0.2) is 4.52 Å². The van der Waals surface area contributed by atoms with Crippen molar-refractivity contribution in [1.29, 1.82) is 0 Å². The fourth-order valence-electron chi connectivity index (χ4n) is 4.04. The molecule has 6 nitrogen and oxygen atoms in total. The van der Waals surface area contributed by atoms with Gasteiger partial charge in [-0.25, -0.2) is 0 Å². The molecule has 2 aliphatic carbocycles. The summed E-state index contributed by atoms with van der Waals surface area (Å²) in [4.78, 5) is 19.4. The number of nitrogens with one attached hydrogen (secondary N) is 1. The van der Waals surface area contributed by atoms with Crippen LogP contribution < -0.4 is 5.32 Å². The molecule has 24 heavy (non-hydrogen) atoms. The first-order chi connectivity index (χ1) is 11.7. The molecule has 4 rings (SSSR count). The fraction of sp³-hybridized carbons (Fsp3) is 0.833. The fourth-order valence-corrected chi connectivity index (χ4v) is 4.04. The Bertz CT molecular complexity index is 577. The van der Waals surface area contributed by atoms with E-state index in [1.165, 1.54) is 25.7 Å². The minimum Gasteiger partial charge on any atom is -0.352 e. The van der Waals surface area contributed by atoms with Crippen LogP contribution in [0.2, 0.25) is 0 Å². The molecule has 2 saturated carbocycles. The summed E-state index contributed by atoms with van der Waals surface area (Å²) in [6.07, 6.45) is 9.27. The summed E-state index contributed by atoms with van der Waals surface area (Å²) in [7, 11) is 0. The molecule has 2 atom stereocenters. The number of piperidine rings is 1. The largest absolute Gasteiger partial charge is 0.352 e. The van der Waals surface area contributed by atoms with Gasteiger partial charge < -0.3 is 9.84 Å². The van der Waals surface area contributed by atoms with Crippen molar-refractivity contribution in [2.45, 2.75) is 82.2 Å². The van der Waals surface area contributed by atoms with Gasteiger partial charge in [0.05, 0.1) is 6.04 Å². The number of rotatable bonds is 5. The van der Waals surface area contributed by atoms with Crippen molar-refractivity contribution in [3.63, 3.8) is 0 Å². The van der Waals surface area contributed by atoms with Crippen LogP contribution in [0.5, 0.6) is 0 Å². The standard InChI is InChI=1S/C18H28N4O2/c1-12(17(23)19-15-6-2-3-7-15)22-10-4-5-14(11-22)16-20-18(24-21-16)13-8-9-13/h12-15H,2-11H2,1H3,(H,19,23)/t12-,14-/m1/s1. The van der Waals surface area contributed by atoms with Crippen LogP contribution in [0.25, 0.3) is 0 Å². The van der Waals surface area contributed by atoms with Crippen molar-refractivity contribution in [2.75, 3.05) is 13.1 Å². The molecule has 0 spiro atoms. The Balaban J connectivity index is 1.35. The summed E-state index contributed by atoms with van der Waals surface area (Å²) >= 11 is 0. The maximum atomic E-state index is 12.5. The highest BCUT2D eigenvalue weighted by molar-refractivity contribution is 5.81. The van der Waals surface area contributed by atoms with E-state index in [0.29, 0.717) is 12.0 Å². The molecular weight excluding hydrogens is 304 g/mol. The van der Waals surface area contributed by atoms with Gasteiger partial charge in [0.2, 0.25) is 11.8 Å². The van der Waals surface area contributed by atoms with Gasteiger partial charge in [0.15, 0.2) is 5.82 Å². The van der Waals surface area contributed by atoms with Gasteiger partial charge in [0.1, 0.15) is 0 Å². The predicted molar refractivity (Wildman–Crippen MR) is 89.7 cm³/mol. The highest BCUT2D eigenvalue weighted by atomic mass is 16.5. The Labute approximate surface area is 143 Å². The second kappa shape index (κ2) is 6.82. The average Bonchev–Trinajstić information content (AvgIpc) is 3.11. The van der Waals surface area contributed by atoms with E-state index in [2.05, 4.69) is 20.4 Å². The predicted octanol–water partition coefficient (Wildman–Crippen LogP) is 2.57. The molecule has 6 heteroatoms. The lowest BCUT2D eigenvalue weighted by Crippen LogP contribution is -2.50. The molecule has 0 aromatic carbocycles. The van der Waals surface area contributed by atoms with E-state index in [0.717, 1.165) is 50.5 Å². The van der Waals surface area contributed by atoms with Crippen LogP contribution in [0.1, 0.15) is 81.8 Å². The second-order valence-electron chi connectivity index (χ2n) is 7.77. The Morgan fingerprint density at radius 1 is 1.17 bits per heavy atom. The summed E-state index contributed by atoms with van der Waals surface area (Å²) in [5.74, 6) is 2.62. The minimum atomic E-state index is -0.0804. The van der Waals surface area contributed by atoms with Crippen molar-refractivity contribution in [1.82, 2.24) is 20.4 Å². The third kappa shape index (κ3) is 3.48. The molecule has 132 valence electrons. The highest BCUT2D eigenvalue weighted by Crippen LogP contribution is 2.39. The maximum Gasteiger partial charge on any atom is 0.237 e. The number of carbonyl (C=O) groups is 1. The third-order valence-corrected chi connectivity index (χ3v) is 5.83. The minimum absolute atomic E-state index is 0.0804. The monoisotopic (exact) mass is 332 g/mol. The number of amides is 1. The summed E-state index contributed by atoms with van der Waals surface area (Å²) in [5.41, 5.74) is 0. The smallest absolute Gasteiger partial charge is 0.237 e. The van der Waals surface area contributed by atoms with Gasteiger partial charge in [-0.2, -0.15) is 4.98 Å². The lowest BCUT2D eigenvalue weighted by Gasteiger charge is -2.35. The average molecular weight is 332 g/mol. The van der Waals surface area contributed by atoms with Crippen LogP contribution in [0.4, 0.5) is 0 Å². The first kappa shape index (κ1) is 16.1.